The topological polar surface area (TPSA) is 68.2 Å². The SMILES string of the molecule is CCCCn1c2c(cc(C(=O)NC3(C(=O)CC)CCC(C)(C)CC3)c1=O)CC#CC(C)=C2. The second-order valence-electron chi connectivity index (χ2n) is 10.1. The zero-order valence-corrected chi connectivity index (χ0v) is 20.2. The van der Waals surface area contributed by atoms with E-state index in [0.29, 0.717) is 32.2 Å². The van der Waals surface area contributed by atoms with Gasteiger partial charge in [-0.1, -0.05) is 46.0 Å². The van der Waals surface area contributed by atoms with Gasteiger partial charge < -0.3 is 9.88 Å². The molecule has 1 fully saturated rings. The highest BCUT2D eigenvalue weighted by atomic mass is 16.2. The van der Waals surface area contributed by atoms with Gasteiger partial charge in [0, 0.05) is 30.7 Å². The van der Waals surface area contributed by atoms with Gasteiger partial charge in [0.25, 0.3) is 11.5 Å². The lowest BCUT2D eigenvalue weighted by Gasteiger charge is -2.43. The van der Waals surface area contributed by atoms with Gasteiger partial charge in [-0.2, -0.15) is 0 Å². The largest absolute Gasteiger partial charge is 0.339 e. The van der Waals surface area contributed by atoms with E-state index in [2.05, 4.69) is 37.9 Å². The number of pyridine rings is 1. The third-order valence-corrected chi connectivity index (χ3v) is 6.98. The number of hydrogen-bond acceptors (Lipinski definition) is 3. The minimum absolute atomic E-state index is 0.0480. The lowest BCUT2D eigenvalue weighted by atomic mass is 9.67. The highest BCUT2D eigenvalue weighted by molar-refractivity contribution is 6.00. The maximum atomic E-state index is 13.5. The molecular weight excluding hydrogens is 400 g/mol. The molecule has 5 nitrogen and oxygen atoms in total. The number of nitrogens with zero attached hydrogens (tertiary/aromatic N) is 1. The molecule has 2 aliphatic rings. The molecule has 0 atom stereocenters. The van der Waals surface area contributed by atoms with E-state index in [1.54, 1.807) is 10.6 Å². The van der Waals surface area contributed by atoms with Crippen molar-refractivity contribution in [2.24, 2.45) is 5.41 Å². The molecule has 0 saturated heterocycles. The summed E-state index contributed by atoms with van der Waals surface area (Å²) in [5, 5.41) is 3.04. The maximum Gasteiger partial charge on any atom is 0.263 e. The summed E-state index contributed by atoms with van der Waals surface area (Å²) in [5.74, 6) is 5.83. The maximum absolute atomic E-state index is 13.5. The molecule has 1 saturated carbocycles. The molecule has 1 N–H and O–H groups in total. The molecule has 0 radical (unpaired) electrons. The molecule has 1 aromatic heterocycles. The Hall–Kier alpha value is -2.61. The van der Waals surface area contributed by atoms with Crippen molar-refractivity contribution >= 4 is 17.8 Å². The quantitative estimate of drug-likeness (QED) is 0.632. The van der Waals surface area contributed by atoms with Crippen molar-refractivity contribution in [2.75, 3.05) is 0 Å². The number of allylic oxidation sites excluding steroid dienone is 1. The first-order chi connectivity index (χ1) is 15.1. The number of Topliss-reactive ketones (excluding diaryl/α,β-unsaturated/α-hetero) is 1. The van der Waals surface area contributed by atoms with Crippen LogP contribution in [0.25, 0.3) is 6.08 Å². The Morgan fingerprint density at radius 2 is 1.84 bits per heavy atom. The summed E-state index contributed by atoms with van der Waals surface area (Å²) in [6.45, 7) is 10.8. The van der Waals surface area contributed by atoms with E-state index in [1.165, 1.54) is 0 Å². The molecule has 1 heterocycles. The predicted octanol–water partition coefficient (Wildman–Crippen LogP) is 4.66. The van der Waals surface area contributed by atoms with E-state index in [4.69, 9.17) is 0 Å². The number of unbranched alkanes of at least 4 members (excludes halogenated alkanes) is 1. The molecule has 2 aliphatic carbocycles. The van der Waals surface area contributed by atoms with Crippen LogP contribution < -0.4 is 10.9 Å². The number of aromatic nitrogens is 1. The van der Waals surface area contributed by atoms with Crippen LogP contribution in [0.5, 0.6) is 0 Å². The highest BCUT2D eigenvalue weighted by Gasteiger charge is 2.44. The summed E-state index contributed by atoms with van der Waals surface area (Å²) in [7, 11) is 0. The van der Waals surface area contributed by atoms with Crippen molar-refractivity contribution < 1.29 is 9.59 Å². The van der Waals surface area contributed by atoms with Gasteiger partial charge in [-0.25, -0.2) is 0 Å². The van der Waals surface area contributed by atoms with Gasteiger partial charge in [0.15, 0.2) is 5.78 Å². The van der Waals surface area contributed by atoms with Gasteiger partial charge in [-0.05, 0) is 62.1 Å². The fourth-order valence-electron chi connectivity index (χ4n) is 4.72. The Morgan fingerprint density at radius 3 is 2.47 bits per heavy atom. The summed E-state index contributed by atoms with van der Waals surface area (Å²) in [4.78, 5) is 39.8. The average molecular weight is 437 g/mol. The fraction of sp³-hybridized carbons (Fsp3) is 0.593. The molecule has 32 heavy (non-hydrogen) atoms. The third-order valence-electron chi connectivity index (χ3n) is 6.98. The fourth-order valence-corrected chi connectivity index (χ4v) is 4.72. The highest BCUT2D eigenvalue weighted by Crippen LogP contribution is 2.41. The summed E-state index contributed by atoms with van der Waals surface area (Å²) in [6, 6.07) is 1.69. The molecule has 3 rings (SSSR count). The summed E-state index contributed by atoms with van der Waals surface area (Å²) >= 11 is 0. The van der Waals surface area contributed by atoms with E-state index >= 15 is 0 Å². The summed E-state index contributed by atoms with van der Waals surface area (Å²) in [5.41, 5.74) is 1.71. The van der Waals surface area contributed by atoms with Crippen LogP contribution in [0, 0.1) is 17.3 Å². The Bertz CT molecular complexity index is 1050. The normalized spacial score (nSPS) is 18.5. The lowest BCUT2D eigenvalue weighted by Crippen LogP contribution is -2.57. The van der Waals surface area contributed by atoms with Crippen LogP contribution in [0.15, 0.2) is 16.4 Å². The third kappa shape index (κ3) is 4.90. The first-order valence-electron chi connectivity index (χ1n) is 11.9. The van der Waals surface area contributed by atoms with E-state index in [9.17, 15) is 14.4 Å². The molecule has 0 unspecified atom stereocenters. The zero-order valence-electron chi connectivity index (χ0n) is 20.2. The standard InChI is InChI=1S/C27H36N2O3/c1-6-8-16-29-22-17-19(3)10-9-11-20(22)18-21(25(29)32)24(31)28-27(23(30)7-2)14-12-26(4,5)13-15-27/h17-18H,6-8,11-16H2,1-5H3,(H,28,31). The Morgan fingerprint density at radius 1 is 1.16 bits per heavy atom. The van der Waals surface area contributed by atoms with Crippen molar-refractivity contribution in [3.05, 3.63) is 38.8 Å². The van der Waals surface area contributed by atoms with Crippen LogP contribution >= 0.6 is 0 Å². The number of carbonyl (C=O) groups excluding carboxylic acids is 2. The van der Waals surface area contributed by atoms with Crippen LogP contribution in [-0.2, 0) is 17.8 Å². The molecule has 5 heteroatoms. The Kier molecular flexibility index (Phi) is 7.12. The zero-order chi connectivity index (χ0) is 23.5. The molecule has 0 aliphatic heterocycles. The molecule has 172 valence electrons. The van der Waals surface area contributed by atoms with Gasteiger partial charge in [0.05, 0.1) is 5.54 Å². The Labute approximate surface area is 191 Å². The molecule has 0 aromatic carbocycles. The van der Waals surface area contributed by atoms with Crippen molar-refractivity contribution in [1.82, 2.24) is 9.88 Å². The van der Waals surface area contributed by atoms with Crippen molar-refractivity contribution in [3.63, 3.8) is 0 Å². The van der Waals surface area contributed by atoms with Crippen molar-refractivity contribution in [3.8, 4) is 11.8 Å². The average Bonchev–Trinajstić information content (AvgIpc) is 2.94. The first-order valence-corrected chi connectivity index (χ1v) is 11.9. The monoisotopic (exact) mass is 436 g/mol. The minimum Gasteiger partial charge on any atom is -0.339 e. The van der Waals surface area contributed by atoms with Crippen LogP contribution in [0.4, 0.5) is 0 Å². The molecule has 1 amide bonds. The number of rotatable bonds is 7. The molecule has 1 aromatic rings. The second kappa shape index (κ2) is 9.48. The van der Waals surface area contributed by atoms with Crippen LogP contribution in [0.2, 0.25) is 0 Å². The van der Waals surface area contributed by atoms with Gasteiger partial charge in [0.1, 0.15) is 5.56 Å². The second-order valence-corrected chi connectivity index (χ2v) is 10.1. The van der Waals surface area contributed by atoms with Crippen molar-refractivity contribution in [2.45, 2.75) is 98.1 Å². The number of amides is 1. The van der Waals surface area contributed by atoms with Gasteiger partial charge in [0.2, 0.25) is 0 Å². The van der Waals surface area contributed by atoms with Crippen molar-refractivity contribution in [1.29, 1.82) is 0 Å². The molecule has 0 bridgehead atoms. The minimum atomic E-state index is -0.884. The smallest absolute Gasteiger partial charge is 0.263 e. The summed E-state index contributed by atoms with van der Waals surface area (Å²) in [6.07, 6.45) is 7.54. The van der Waals surface area contributed by atoms with E-state index in [1.807, 2.05) is 19.9 Å². The summed E-state index contributed by atoms with van der Waals surface area (Å²) < 4.78 is 1.71. The number of nitrogens with one attached hydrogen (secondary N) is 1. The van der Waals surface area contributed by atoms with Gasteiger partial charge >= 0.3 is 0 Å². The van der Waals surface area contributed by atoms with Crippen LogP contribution in [0.3, 0.4) is 0 Å². The Balaban J connectivity index is 2.02. The van der Waals surface area contributed by atoms with E-state index < -0.39 is 11.4 Å². The van der Waals surface area contributed by atoms with E-state index in [0.717, 1.165) is 42.5 Å². The van der Waals surface area contributed by atoms with Gasteiger partial charge in [-0.3, -0.25) is 14.4 Å². The molecular formula is C27H36N2O3. The predicted molar refractivity (Wildman–Crippen MR) is 128 cm³/mol. The number of hydrogen-bond donors (Lipinski definition) is 1. The number of fused-ring (bicyclic) bond motifs is 1. The van der Waals surface area contributed by atoms with E-state index in [-0.39, 0.29) is 22.3 Å². The number of ketones is 1. The first kappa shape index (κ1) is 24.0. The lowest BCUT2D eigenvalue weighted by molar-refractivity contribution is -0.127. The van der Waals surface area contributed by atoms with Crippen LogP contribution in [-0.4, -0.2) is 21.8 Å². The van der Waals surface area contributed by atoms with Gasteiger partial charge in [-0.15, -0.1) is 0 Å². The molecule has 0 spiro atoms. The number of carbonyl (C=O) groups is 2. The van der Waals surface area contributed by atoms with Crippen LogP contribution in [0.1, 0.15) is 101 Å².